The fraction of sp³-hybridized carbons (Fsp3) is 0.208. The second kappa shape index (κ2) is 9.66. The quantitative estimate of drug-likeness (QED) is 0.582. The molecule has 0 aromatic heterocycles. The van der Waals surface area contributed by atoms with Gasteiger partial charge in [-0.25, -0.2) is 8.42 Å². The molecule has 0 atom stereocenters. The molecule has 1 N–H and O–H groups in total. The number of carbonyl (C=O) groups is 1. The highest BCUT2D eigenvalue weighted by Gasteiger charge is 2.26. The number of methoxy groups -OCH3 is 1. The van der Waals surface area contributed by atoms with Gasteiger partial charge in [0.15, 0.2) is 0 Å². The van der Waals surface area contributed by atoms with Crippen molar-refractivity contribution in [2.24, 2.45) is 0 Å². The number of aryl methyl sites for hydroxylation is 1. The van der Waals surface area contributed by atoms with Crippen LogP contribution in [0.3, 0.4) is 0 Å². The lowest BCUT2D eigenvalue weighted by Gasteiger charge is -2.26. The number of rotatable bonds is 8. The Morgan fingerprint density at radius 1 is 0.968 bits per heavy atom. The Hall–Kier alpha value is -3.32. The molecule has 0 aliphatic heterocycles. The summed E-state index contributed by atoms with van der Waals surface area (Å²) in [5.41, 5.74) is 3.00. The summed E-state index contributed by atoms with van der Waals surface area (Å²) in [6, 6.07) is 23.9. The van der Waals surface area contributed by atoms with E-state index in [4.69, 9.17) is 4.74 Å². The van der Waals surface area contributed by atoms with Crippen LogP contribution in [0.4, 0.5) is 5.69 Å². The van der Waals surface area contributed by atoms with Crippen molar-refractivity contribution in [2.45, 2.75) is 13.0 Å². The SMILES string of the molecule is COc1ccc(C)cc1N(CC(=O)NC(c1ccccc1)c1ccccc1)S(C)(=O)=O. The molecule has 3 aromatic carbocycles. The van der Waals surface area contributed by atoms with Crippen molar-refractivity contribution >= 4 is 21.6 Å². The molecule has 3 aromatic rings. The van der Waals surface area contributed by atoms with Crippen LogP contribution in [0.25, 0.3) is 0 Å². The van der Waals surface area contributed by atoms with Gasteiger partial charge < -0.3 is 10.1 Å². The van der Waals surface area contributed by atoms with Gasteiger partial charge in [0.2, 0.25) is 15.9 Å². The number of benzene rings is 3. The molecule has 0 bridgehead atoms. The first kappa shape index (κ1) is 22.4. The highest BCUT2D eigenvalue weighted by atomic mass is 32.2. The number of ether oxygens (including phenoxy) is 1. The summed E-state index contributed by atoms with van der Waals surface area (Å²) in [5, 5.41) is 2.99. The fourth-order valence-electron chi connectivity index (χ4n) is 3.36. The molecule has 0 saturated heterocycles. The van der Waals surface area contributed by atoms with Crippen LogP contribution in [-0.4, -0.2) is 34.2 Å². The molecule has 6 nitrogen and oxygen atoms in total. The number of amides is 1. The number of sulfonamides is 1. The summed E-state index contributed by atoms with van der Waals surface area (Å²) in [4.78, 5) is 13.1. The molecule has 0 aliphatic carbocycles. The molecule has 1 amide bonds. The number of hydrogen-bond acceptors (Lipinski definition) is 4. The molecule has 0 unspecified atom stereocenters. The van der Waals surface area contributed by atoms with Gasteiger partial charge in [-0.3, -0.25) is 9.10 Å². The minimum atomic E-state index is -3.73. The van der Waals surface area contributed by atoms with Crippen molar-refractivity contribution in [1.29, 1.82) is 0 Å². The molecule has 7 heteroatoms. The van der Waals surface area contributed by atoms with E-state index in [1.54, 1.807) is 12.1 Å². The Bertz CT molecular complexity index is 1090. The van der Waals surface area contributed by atoms with E-state index in [1.807, 2.05) is 73.7 Å². The van der Waals surface area contributed by atoms with Crippen LogP contribution in [0.1, 0.15) is 22.7 Å². The van der Waals surface area contributed by atoms with Gasteiger partial charge in [0.05, 0.1) is 25.1 Å². The molecule has 0 radical (unpaired) electrons. The molecule has 31 heavy (non-hydrogen) atoms. The number of hydrogen-bond donors (Lipinski definition) is 1. The Morgan fingerprint density at radius 2 is 1.52 bits per heavy atom. The third kappa shape index (κ3) is 5.64. The lowest BCUT2D eigenvalue weighted by atomic mass is 9.99. The van der Waals surface area contributed by atoms with Gasteiger partial charge in [0.25, 0.3) is 0 Å². The van der Waals surface area contributed by atoms with Gasteiger partial charge in [-0.05, 0) is 35.7 Å². The highest BCUT2D eigenvalue weighted by Crippen LogP contribution is 2.31. The predicted octanol–water partition coefficient (Wildman–Crippen LogP) is 3.68. The maximum Gasteiger partial charge on any atom is 0.241 e. The Labute approximate surface area is 183 Å². The van der Waals surface area contributed by atoms with Gasteiger partial charge in [0, 0.05) is 0 Å². The molecule has 0 heterocycles. The van der Waals surface area contributed by atoms with E-state index in [-0.39, 0.29) is 6.54 Å². The first-order chi connectivity index (χ1) is 14.8. The van der Waals surface area contributed by atoms with Gasteiger partial charge in [-0.15, -0.1) is 0 Å². The van der Waals surface area contributed by atoms with E-state index >= 15 is 0 Å². The highest BCUT2D eigenvalue weighted by molar-refractivity contribution is 7.92. The smallest absolute Gasteiger partial charge is 0.241 e. The zero-order valence-corrected chi connectivity index (χ0v) is 18.6. The zero-order valence-electron chi connectivity index (χ0n) is 17.8. The summed E-state index contributed by atoms with van der Waals surface area (Å²) >= 11 is 0. The number of anilines is 1. The minimum Gasteiger partial charge on any atom is -0.495 e. The largest absolute Gasteiger partial charge is 0.495 e. The van der Waals surface area contributed by atoms with Crippen molar-refractivity contribution < 1.29 is 17.9 Å². The molecule has 0 spiro atoms. The van der Waals surface area contributed by atoms with Gasteiger partial charge in [-0.1, -0.05) is 66.7 Å². The van der Waals surface area contributed by atoms with Crippen LogP contribution in [0.5, 0.6) is 5.75 Å². The van der Waals surface area contributed by atoms with Crippen LogP contribution < -0.4 is 14.4 Å². The van der Waals surface area contributed by atoms with Crippen molar-refractivity contribution in [3.8, 4) is 5.75 Å². The third-order valence-corrected chi connectivity index (χ3v) is 5.99. The van der Waals surface area contributed by atoms with E-state index in [2.05, 4.69) is 5.32 Å². The fourth-order valence-corrected chi connectivity index (χ4v) is 4.21. The normalized spacial score (nSPS) is 11.2. The summed E-state index contributed by atoms with van der Waals surface area (Å²) in [6.45, 7) is 1.49. The molecule has 0 fully saturated rings. The van der Waals surface area contributed by atoms with Gasteiger partial charge >= 0.3 is 0 Å². The van der Waals surface area contributed by atoms with Crippen LogP contribution in [0.15, 0.2) is 78.9 Å². The van der Waals surface area contributed by atoms with Gasteiger partial charge in [0.1, 0.15) is 12.3 Å². The first-order valence-corrected chi connectivity index (χ1v) is 11.7. The van der Waals surface area contributed by atoms with Crippen molar-refractivity contribution in [3.05, 3.63) is 95.6 Å². The van der Waals surface area contributed by atoms with Crippen LogP contribution in [-0.2, 0) is 14.8 Å². The molecule has 162 valence electrons. The Morgan fingerprint density at radius 3 is 2.00 bits per heavy atom. The van der Waals surface area contributed by atoms with E-state index < -0.39 is 22.0 Å². The van der Waals surface area contributed by atoms with Crippen molar-refractivity contribution in [1.82, 2.24) is 5.32 Å². The predicted molar refractivity (Wildman–Crippen MR) is 123 cm³/mol. The summed E-state index contributed by atoms with van der Waals surface area (Å²) in [7, 11) is -2.27. The second-order valence-corrected chi connectivity index (χ2v) is 9.17. The first-order valence-electron chi connectivity index (χ1n) is 9.81. The standard InChI is InChI=1S/C24H26N2O4S/c1-18-14-15-22(30-2)21(16-18)26(31(3,28)29)17-23(27)25-24(19-10-6-4-7-11-19)20-12-8-5-9-13-20/h4-16,24H,17H2,1-3H3,(H,25,27). The molecular weight excluding hydrogens is 412 g/mol. The summed E-state index contributed by atoms with van der Waals surface area (Å²) in [5.74, 6) is -0.0433. The molecule has 3 rings (SSSR count). The Kier molecular flexibility index (Phi) is 6.97. The summed E-state index contributed by atoms with van der Waals surface area (Å²) < 4.78 is 31.5. The van der Waals surface area contributed by atoms with Gasteiger partial charge in [-0.2, -0.15) is 0 Å². The zero-order chi connectivity index (χ0) is 22.4. The van der Waals surface area contributed by atoms with Crippen molar-refractivity contribution in [3.63, 3.8) is 0 Å². The van der Waals surface area contributed by atoms with E-state index in [0.29, 0.717) is 11.4 Å². The Balaban J connectivity index is 1.92. The van der Waals surface area contributed by atoms with E-state index in [1.165, 1.54) is 7.11 Å². The number of nitrogens with zero attached hydrogens (tertiary/aromatic N) is 1. The molecule has 0 aliphatic rings. The maximum absolute atomic E-state index is 13.1. The minimum absolute atomic E-state index is 0.330. The topological polar surface area (TPSA) is 75.7 Å². The van der Waals surface area contributed by atoms with Crippen LogP contribution >= 0.6 is 0 Å². The van der Waals surface area contributed by atoms with Crippen LogP contribution in [0, 0.1) is 6.92 Å². The average Bonchev–Trinajstić information content (AvgIpc) is 2.76. The molecule has 0 saturated carbocycles. The second-order valence-electron chi connectivity index (χ2n) is 7.27. The summed E-state index contributed by atoms with van der Waals surface area (Å²) in [6.07, 6.45) is 1.08. The average molecular weight is 439 g/mol. The molecular formula is C24H26N2O4S. The monoisotopic (exact) mass is 438 g/mol. The van der Waals surface area contributed by atoms with Crippen molar-refractivity contribution in [2.75, 3.05) is 24.2 Å². The number of nitrogens with one attached hydrogen (secondary N) is 1. The van der Waals surface area contributed by atoms with E-state index in [0.717, 1.165) is 27.3 Å². The maximum atomic E-state index is 13.1. The van der Waals surface area contributed by atoms with E-state index in [9.17, 15) is 13.2 Å². The number of carbonyl (C=O) groups excluding carboxylic acids is 1. The third-order valence-electron chi connectivity index (χ3n) is 4.86. The van der Waals surface area contributed by atoms with Crippen LogP contribution in [0.2, 0.25) is 0 Å². The lowest BCUT2D eigenvalue weighted by Crippen LogP contribution is -2.42. The lowest BCUT2D eigenvalue weighted by molar-refractivity contribution is -0.120.